The van der Waals surface area contributed by atoms with Gasteiger partial charge in [-0.3, -0.25) is 4.79 Å². The van der Waals surface area contributed by atoms with Crippen LogP contribution in [0.3, 0.4) is 0 Å². The highest BCUT2D eigenvalue weighted by atomic mass is 79.9. The average Bonchev–Trinajstić information content (AvgIpc) is 2.40. The van der Waals surface area contributed by atoms with Crippen molar-refractivity contribution in [2.45, 2.75) is 18.9 Å². The Morgan fingerprint density at radius 2 is 1.73 bits per heavy atom. The summed E-state index contributed by atoms with van der Waals surface area (Å²) in [5.74, 6) is -0.297. The normalized spacial score (nSPS) is 13.5. The summed E-state index contributed by atoms with van der Waals surface area (Å²) < 4.78 is 0.980. The van der Waals surface area contributed by atoms with Crippen LogP contribution in [0.15, 0.2) is 46.9 Å². The molecule has 0 aliphatic rings. The number of carbonyl (C=O) groups is 1. The molecule has 0 fully saturated rings. The van der Waals surface area contributed by atoms with Gasteiger partial charge in [-0.15, -0.1) is 0 Å². The summed E-state index contributed by atoms with van der Waals surface area (Å²) in [4.78, 5) is 12.4. The molecule has 0 saturated carbocycles. The molecule has 0 heterocycles. The predicted molar refractivity (Wildman–Crippen MR) is 95.5 cm³/mol. The lowest BCUT2D eigenvalue weighted by molar-refractivity contribution is -0.120. The molecule has 2 aromatic carbocycles. The molecular weight excluding hydrogens is 387 g/mol. The SMILES string of the molecule is C[C@](N)(Cc1ccc(Br)cc1)C(=O)Nc1cc(Cl)cc(Cl)c1. The molecule has 0 aliphatic heterocycles. The summed E-state index contributed by atoms with van der Waals surface area (Å²) in [6.07, 6.45) is 0.417. The van der Waals surface area contributed by atoms with Gasteiger partial charge in [0, 0.05) is 20.2 Å². The fourth-order valence-corrected chi connectivity index (χ4v) is 2.80. The van der Waals surface area contributed by atoms with Gasteiger partial charge in [0.15, 0.2) is 0 Å². The third-order valence-electron chi connectivity index (χ3n) is 3.12. The Balaban J connectivity index is 2.11. The van der Waals surface area contributed by atoms with E-state index in [4.69, 9.17) is 28.9 Å². The van der Waals surface area contributed by atoms with Gasteiger partial charge in [-0.05, 0) is 49.2 Å². The van der Waals surface area contributed by atoms with Crippen LogP contribution in [0.1, 0.15) is 12.5 Å². The van der Waals surface area contributed by atoms with Crippen LogP contribution >= 0.6 is 39.1 Å². The Morgan fingerprint density at radius 3 is 2.27 bits per heavy atom. The molecule has 0 spiro atoms. The van der Waals surface area contributed by atoms with E-state index in [-0.39, 0.29) is 5.91 Å². The van der Waals surface area contributed by atoms with E-state index in [1.165, 1.54) is 0 Å². The third kappa shape index (κ3) is 4.71. The first-order valence-electron chi connectivity index (χ1n) is 6.57. The quantitative estimate of drug-likeness (QED) is 0.782. The lowest BCUT2D eigenvalue weighted by Gasteiger charge is -2.24. The molecule has 0 saturated heterocycles. The highest BCUT2D eigenvalue weighted by Crippen LogP contribution is 2.23. The van der Waals surface area contributed by atoms with Crippen LogP contribution in [0.4, 0.5) is 5.69 Å². The van der Waals surface area contributed by atoms with Crippen LogP contribution in [-0.2, 0) is 11.2 Å². The van der Waals surface area contributed by atoms with Gasteiger partial charge >= 0.3 is 0 Å². The largest absolute Gasteiger partial charge is 0.324 e. The zero-order valence-electron chi connectivity index (χ0n) is 11.9. The number of rotatable bonds is 4. The third-order valence-corrected chi connectivity index (χ3v) is 4.09. The summed E-state index contributed by atoms with van der Waals surface area (Å²) in [6.45, 7) is 1.69. The molecule has 116 valence electrons. The monoisotopic (exact) mass is 400 g/mol. The number of benzene rings is 2. The van der Waals surface area contributed by atoms with Gasteiger partial charge in [0.1, 0.15) is 0 Å². The highest BCUT2D eigenvalue weighted by molar-refractivity contribution is 9.10. The molecule has 1 amide bonds. The van der Waals surface area contributed by atoms with Gasteiger partial charge in [0.25, 0.3) is 0 Å². The number of nitrogens with two attached hydrogens (primary N) is 1. The van der Waals surface area contributed by atoms with Gasteiger partial charge in [0.05, 0.1) is 5.54 Å². The number of anilines is 1. The maximum Gasteiger partial charge on any atom is 0.244 e. The summed E-state index contributed by atoms with van der Waals surface area (Å²) in [5.41, 5.74) is 6.61. The topological polar surface area (TPSA) is 55.1 Å². The zero-order valence-corrected chi connectivity index (χ0v) is 15.0. The van der Waals surface area contributed by atoms with Crippen molar-refractivity contribution in [3.63, 3.8) is 0 Å². The second kappa shape index (κ2) is 7.01. The number of hydrogen-bond acceptors (Lipinski definition) is 2. The zero-order chi connectivity index (χ0) is 16.3. The van der Waals surface area contributed by atoms with Gasteiger partial charge in [-0.2, -0.15) is 0 Å². The first kappa shape index (κ1) is 17.3. The van der Waals surface area contributed by atoms with E-state index in [9.17, 15) is 4.79 Å². The minimum absolute atomic E-state index is 0.297. The Hall–Kier alpha value is -1.07. The van der Waals surface area contributed by atoms with Crippen LogP contribution in [0.5, 0.6) is 0 Å². The number of amides is 1. The second-order valence-electron chi connectivity index (χ2n) is 5.33. The highest BCUT2D eigenvalue weighted by Gasteiger charge is 2.28. The number of nitrogens with one attached hydrogen (secondary N) is 1. The molecule has 22 heavy (non-hydrogen) atoms. The van der Waals surface area contributed by atoms with Gasteiger partial charge in [-0.1, -0.05) is 51.3 Å². The van der Waals surface area contributed by atoms with Crippen molar-refractivity contribution in [3.05, 3.63) is 62.5 Å². The van der Waals surface area contributed by atoms with Gasteiger partial charge < -0.3 is 11.1 Å². The molecule has 3 N–H and O–H groups in total. The van der Waals surface area contributed by atoms with Crippen molar-refractivity contribution in [2.75, 3.05) is 5.32 Å². The Bertz CT molecular complexity index is 667. The van der Waals surface area contributed by atoms with Gasteiger partial charge in [0.2, 0.25) is 5.91 Å². The van der Waals surface area contributed by atoms with Crippen LogP contribution < -0.4 is 11.1 Å². The molecule has 2 rings (SSSR count). The molecule has 3 nitrogen and oxygen atoms in total. The number of hydrogen-bond donors (Lipinski definition) is 2. The van der Waals surface area contributed by atoms with E-state index in [0.29, 0.717) is 22.2 Å². The molecule has 6 heteroatoms. The average molecular weight is 402 g/mol. The van der Waals surface area contributed by atoms with Crippen molar-refractivity contribution >= 4 is 50.7 Å². The fourth-order valence-electron chi connectivity index (χ4n) is 2.01. The first-order chi connectivity index (χ1) is 10.3. The summed E-state index contributed by atoms with van der Waals surface area (Å²) in [5, 5.41) is 3.66. The molecule has 0 bridgehead atoms. The van der Waals surface area contributed by atoms with Crippen molar-refractivity contribution in [2.24, 2.45) is 5.73 Å². The van der Waals surface area contributed by atoms with Crippen LogP contribution in [-0.4, -0.2) is 11.4 Å². The van der Waals surface area contributed by atoms with Crippen molar-refractivity contribution < 1.29 is 4.79 Å². The number of halogens is 3. The van der Waals surface area contributed by atoms with Crippen molar-refractivity contribution in [3.8, 4) is 0 Å². The van der Waals surface area contributed by atoms with E-state index in [1.807, 2.05) is 24.3 Å². The van der Waals surface area contributed by atoms with E-state index < -0.39 is 5.54 Å². The van der Waals surface area contributed by atoms with Crippen LogP contribution in [0.25, 0.3) is 0 Å². The fraction of sp³-hybridized carbons (Fsp3) is 0.188. The molecule has 0 aromatic heterocycles. The minimum atomic E-state index is -1.05. The molecule has 0 radical (unpaired) electrons. The smallest absolute Gasteiger partial charge is 0.244 e. The maximum atomic E-state index is 12.4. The maximum absolute atomic E-state index is 12.4. The second-order valence-corrected chi connectivity index (χ2v) is 7.12. The predicted octanol–water partition coefficient (Wildman–Crippen LogP) is 4.65. The van der Waals surface area contributed by atoms with E-state index in [0.717, 1.165) is 10.0 Å². The minimum Gasteiger partial charge on any atom is -0.324 e. The Kier molecular flexibility index (Phi) is 5.50. The number of carbonyl (C=O) groups excluding carboxylic acids is 1. The molecule has 0 aliphatic carbocycles. The summed E-state index contributed by atoms with van der Waals surface area (Å²) in [7, 11) is 0. The van der Waals surface area contributed by atoms with E-state index >= 15 is 0 Å². The summed E-state index contributed by atoms with van der Waals surface area (Å²) in [6, 6.07) is 12.5. The lowest BCUT2D eigenvalue weighted by atomic mass is 9.93. The van der Waals surface area contributed by atoms with Crippen LogP contribution in [0.2, 0.25) is 10.0 Å². The first-order valence-corrected chi connectivity index (χ1v) is 8.12. The van der Waals surface area contributed by atoms with E-state index in [1.54, 1.807) is 25.1 Å². The molecule has 1 atom stereocenters. The van der Waals surface area contributed by atoms with Crippen molar-refractivity contribution in [1.29, 1.82) is 0 Å². The summed E-state index contributed by atoms with van der Waals surface area (Å²) >= 11 is 15.2. The molecule has 2 aromatic rings. The van der Waals surface area contributed by atoms with E-state index in [2.05, 4.69) is 21.2 Å². The molecular formula is C16H15BrCl2N2O. The Morgan fingerprint density at radius 1 is 1.18 bits per heavy atom. The lowest BCUT2D eigenvalue weighted by Crippen LogP contribution is -2.50. The standard InChI is InChI=1S/C16H15BrCl2N2O/c1-16(20,9-10-2-4-11(17)5-3-10)15(22)21-14-7-12(18)6-13(19)8-14/h2-8H,9,20H2,1H3,(H,21,22)/t16-/m0/s1. The molecule has 0 unspecified atom stereocenters. The van der Waals surface area contributed by atoms with Gasteiger partial charge in [-0.25, -0.2) is 0 Å². The Labute approximate surface area is 147 Å². The van der Waals surface area contributed by atoms with Crippen LogP contribution in [0, 0.1) is 0 Å². The van der Waals surface area contributed by atoms with Crippen molar-refractivity contribution in [1.82, 2.24) is 0 Å².